The predicted octanol–water partition coefficient (Wildman–Crippen LogP) is 6.27. The number of aromatic nitrogens is 1. The molecule has 3 aromatic carbocycles. The van der Waals surface area contributed by atoms with E-state index in [4.69, 9.17) is 0 Å². The minimum Gasteiger partial charge on any atom is -0.507 e. The highest BCUT2D eigenvalue weighted by atomic mass is 19.1. The molecule has 37 heavy (non-hydrogen) atoms. The van der Waals surface area contributed by atoms with Gasteiger partial charge in [0.25, 0.3) is 11.7 Å². The number of aliphatic hydroxyl groups excluding tert-OH is 1. The van der Waals surface area contributed by atoms with Crippen LogP contribution in [0.25, 0.3) is 16.7 Å². The van der Waals surface area contributed by atoms with E-state index < -0.39 is 23.5 Å². The van der Waals surface area contributed by atoms with Crippen molar-refractivity contribution in [2.45, 2.75) is 38.6 Å². The summed E-state index contributed by atoms with van der Waals surface area (Å²) in [6.45, 7) is 6.63. The van der Waals surface area contributed by atoms with Gasteiger partial charge in [0, 0.05) is 29.2 Å². The van der Waals surface area contributed by atoms with E-state index >= 15 is 0 Å². The van der Waals surface area contributed by atoms with E-state index in [1.807, 2.05) is 54.7 Å². The van der Waals surface area contributed by atoms with Crippen molar-refractivity contribution >= 4 is 28.4 Å². The Hall–Kier alpha value is -4.19. The maximum absolute atomic E-state index is 13.5. The summed E-state index contributed by atoms with van der Waals surface area (Å²) in [6, 6.07) is 20.2. The number of Topliss-reactive ketones (excluding diaryl/α,β-unsaturated/α-hetero) is 1. The lowest BCUT2D eigenvalue weighted by Crippen LogP contribution is -2.31. The van der Waals surface area contributed by atoms with Crippen LogP contribution in [0.5, 0.6) is 0 Å². The van der Waals surface area contributed by atoms with Crippen LogP contribution in [-0.4, -0.2) is 33.2 Å². The second-order valence-electron chi connectivity index (χ2n) is 10.5. The molecule has 2 N–H and O–H groups in total. The fraction of sp³-hybridized carbons (Fsp3) is 0.226. The Labute approximate surface area is 215 Å². The summed E-state index contributed by atoms with van der Waals surface area (Å²) in [7, 11) is 0. The molecule has 1 atom stereocenters. The first-order valence-electron chi connectivity index (χ1n) is 12.3. The van der Waals surface area contributed by atoms with Gasteiger partial charge in [-0.3, -0.25) is 9.59 Å². The number of hydrogen-bond acceptors (Lipinski definition) is 3. The van der Waals surface area contributed by atoms with Crippen molar-refractivity contribution < 1.29 is 19.1 Å². The van der Waals surface area contributed by atoms with Crippen LogP contribution in [0, 0.1) is 5.82 Å². The van der Waals surface area contributed by atoms with Crippen LogP contribution in [0.2, 0.25) is 0 Å². The molecule has 4 aromatic rings. The average Bonchev–Trinajstić information content (AvgIpc) is 3.41. The van der Waals surface area contributed by atoms with E-state index in [9.17, 15) is 19.1 Å². The van der Waals surface area contributed by atoms with Gasteiger partial charge in [-0.25, -0.2) is 4.39 Å². The number of H-pyrrole nitrogens is 1. The summed E-state index contributed by atoms with van der Waals surface area (Å²) in [4.78, 5) is 31.4. The maximum atomic E-state index is 13.5. The van der Waals surface area contributed by atoms with Crippen LogP contribution in [0.15, 0.2) is 84.6 Å². The van der Waals surface area contributed by atoms with Crippen LogP contribution >= 0.6 is 0 Å². The van der Waals surface area contributed by atoms with Crippen molar-refractivity contribution in [1.29, 1.82) is 0 Å². The molecule has 2 heterocycles. The topological polar surface area (TPSA) is 73.4 Å². The Bertz CT molecular complexity index is 1510. The fourth-order valence-electron chi connectivity index (χ4n) is 4.97. The number of halogens is 1. The van der Waals surface area contributed by atoms with Gasteiger partial charge in [-0.2, -0.15) is 0 Å². The number of para-hydroxylation sites is 1. The first-order valence-corrected chi connectivity index (χ1v) is 12.3. The van der Waals surface area contributed by atoms with Gasteiger partial charge in [0.1, 0.15) is 11.6 Å². The molecule has 1 aliphatic heterocycles. The zero-order chi connectivity index (χ0) is 26.3. The lowest BCUT2D eigenvalue weighted by Gasteiger charge is -2.26. The molecule has 0 unspecified atom stereocenters. The van der Waals surface area contributed by atoms with Crippen LogP contribution in [0.3, 0.4) is 0 Å². The van der Waals surface area contributed by atoms with Crippen molar-refractivity contribution in [3.8, 4) is 0 Å². The van der Waals surface area contributed by atoms with E-state index in [1.165, 1.54) is 29.2 Å². The molecular formula is C31H29FN2O3. The molecule has 1 saturated heterocycles. The van der Waals surface area contributed by atoms with E-state index in [0.717, 1.165) is 27.6 Å². The van der Waals surface area contributed by atoms with Crippen molar-refractivity contribution in [2.24, 2.45) is 0 Å². The zero-order valence-corrected chi connectivity index (χ0v) is 21.1. The second-order valence-corrected chi connectivity index (χ2v) is 10.5. The molecule has 0 bridgehead atoms. The second kappa shape index (κ2) is 9.36. The number of amides is 1. The number of fused-ring (bicyclic) bond motifs is 1. The number of rotatable bonds is 5. The number of likely N-dealkylation sites (tertiary alicyclic amines) is 1. The molecule has 5 nitrogen and oxygen atoms in total. The average molecular weight is 497 g/mol. The quantitative estimate of drug-likeness (QED) is 0.194. The summed E-state index contributed by atoms with van der Waals surface area (Å²) in [5.41, 5.74) is 4.12. The fourth-order valence-corrected chi connectivity index (χ4v) is 4.97. The normalized spacial score (nSPS) is 17.6. The molecule has 188 valence electrons. The molecule has 1 amide bonds. The van der Waals surface area contributed by atoms with Crippen molar-refractivity contribution in [1.82, 2.24) is 9.88 Å². The molecule has 0 spiro atoms. The molecule has 1 fully saturated rings. The number of ketones is 1. The number of aliphatic hydroxyl groups is 1. The Balaban J connectivity index is 1.57. The summed E-state index contributed by atoms with van der Waals surface area (Å²) in [5.74, 6) is -2.16. The van der Waals surface area contributed by atoms with Gasteiger partial charge in [0.15, 0.2) is 0 Å². The summed E-state index contributed by atoms with van der Waals surface area (Å²) in [6.07, 6.45) is 2.46. The number of carbonyl (C=O) groups is 2. The Morgan fingerprint density at radius 1 is 0.973 bits per heavy atom. The molecule has 5 rings (SSSR count). The molecule has 1 aromatic heterocycles. The largest absolute Gasteiger partial charge is 0.507 e. The molecular weight excluding hydrogens is 467 g/mol. The van der Waals surface area contributed by atoms with Crippen LogP contribution in [0.1, 0.15) is 49.1 Å². The van der Waals surface area contributed by atoms with E-state index in [0.29, 0.717) is 6.42 Å². The third-order valence-corrected chi connectivity index (χ3v) is 7.05. The van der Waals surface area contributed by atoms with Gasteiger partial charge in [0.05, 0.1) is 11.6 Å². The Morgan fingerprint density at radius 2 is 1.65 bits per heavy atom. The number of nitrogens with one attached hydrogen (secondary N) is 1. The maximum Gasteiger partial charge on any atom is 0.295 e. The van der Waals surface area contributed by atoms with Crippen molar-refractivity contribution in [3.05, 3.63) is 113 Å². The Kier molecular flexibility index (Phi) is 6.20. The van der Waals surface area contributed by atoms with Crippen molar-refractivity contribution in [3.63, 3.8) is 0 Å². The van der Waals surface area contributed by atoms with E-state index in [-0.39, 0.29) is 28.9 Å². The molecule has 6 heteroatoms. The van der Waals surface area contributed by atoms with Gasteiger partial charge in [-0.05, 0) is 58.9 Å². The monoisotopic (exact) mass is 496 g/mol. The van der Waals surface area contributed by atoms with Gasteiger partial charge in [-0.15, -0.1) is 0 Å². The zero-order valence-electron chi connectivity index (χ0n) is 21.1. The molecule has 0 saturated carbocycles. The third kappa shape index (κ3) is 4.55. The lowest BCUT2D eigenvalue weighted by molar-refractivity contribution is -0.139. The first-order chi connectivity index (χ1) is 17.6. The van der Waals surface area contributed by atoms with Gasteiger partial charge >= 0.3 is 0 Å². The first kappa shape index (κ1) is 24.5. The predicted molar refractivity (Wildman–Crippen MR) is 143 cm³/mol. The SMILES string of the molecule is CC(C)(C)c1ccc([C@H]2C(=C(O)c3ccc(F)cc3)C(=O)C(=O)N2CCc2c[nH]c3ccccc23)cc1. The standard InChI is InChI=1S/C31H29FN2O3/c1-31(2,3)22-12-8-19(9-13-22)27-26(28(35)20-10-14-23(32)15-11-20)29(36)30(37)34(27)17-16-21-18-33-25-7-5-4-6-24(21)25/h4-15,18,27,33,35H,16-17H2,1-3H3/t27-/m0/s1. The van der Waals surface area contributed by atoms with Gasteiger partial charge in [-0.1, -0.05) is 63.2 Å². The van der Waals surface area contributed by atoms with Crippen LogP contribution < -0.4 is 0 Å². The van der Waals surface area contributed by atoms with E-state index in [2.05, 4.69) is 25.8 Å². The summed E-state index contributed by atoms with van der Waals surface area (Å²) >= 11 is 0. The highest BCUT2D eigenvalue weighted by Crippen LogP contribution is 2.40. The summed E-state index contributed by atoms with van der Waals surface area (Å²) in [5, 5.41) is 12.2. The van der Waals surface area contributed by atoms with Gasteiger partial charge in [0.2, 0.25) is 0 Å². The number of benzene rings is 3. The number of aromatic amines is 1. The highest BCUT2D eigenvalue weighted by molar-refractivity contribution is 6.46. The van der Waals surface area contributed by atoms with E-state index in [1.54, 1.807) is 0 Å². The number of carbonyl (C=O) groups excluding carboxylic acids is 2. The lowest BCUT2D eigenvalue weighted by atomic mass is 9.85. The van der Waals surface area contributed by atoms with Gasteiger partial charge < -0.3 is 15.0 Å². The Morgan fingerprint density at radius 3 is 2.32 bits per heavy atom. The van der Waals surface area contributed by atoms with Crippen molar-refractivity contribution in [2.75, 3.05) is 6.54 Å². The smallest absolute Gasteiger partial charge is 0.295 e. The molecule has 0 radical (unpaired) electrons. The van der Waals surface area contributed by atoms with Crippen LogP contribution in [0.4, 0.5) is 4.39 Å². The highest BCUT2D eigenvalue weighted by Gasteiger charge is 2.46. The minimum atomic E-state index is -0.760. The molecule has 1 aliphatic rings. The minimum absolute atomic E-state index is 0.0130. The number of nitrogens with zero attached hydrogens (tertiary/aromatic N) is 1. The van der Waals surface area contributed by atoms with Crippen LogP contribution in [-0.2, 0) is 21.4 Å². The number of hydrogen-bond donors (Lipinski definition) is 2. The third-order valence-electron chi connectivity index (χ3n) is 7.05. The molecule has 0 aliphatic carbocycles. The summed E-state index contributed by atoms with van der Waals surface area (Å²) < 4.78 is 13.5.